The van der Waals surface area contributed by atoms with Crippen molar-refractivity contribution in [1.29, 1.82) is 0 Å². The fourth-order valence-corrected chi connectivity index (χ4v) is 8.95. The van der Waals surface area contributed by atoms with Gasteiger partial charge in [0.1, 0.15) is 23.0 Å². The van der Waals surface area contributed by atoms with Gasteiger partial charge >= 0.3 is 11.9 Å². The van der Waals surface area contributed by atoms with Gasteiger partial charge in [0, 0.05) is 51.6 Å². The van der Waals surface area contributed by atoms with Crippen LogP contribution in [0.3, 0.4) is 0 Å². The summed E-state index contributed by atoms with van der Waals surface area (Å²) in [5, 5.41) is 0. The van der Waals surface area contributed by atoms with Crippen molar-refractivity contribution in [2.24, 2.45) is 0 Å². The molecule has 57 heavy (non-hydrogen) atoms. The quantitative estimate of drug-likeness (QED) is 0.161. The lowest BCUT2D eigenvalue weighted by Crippen LogP contribution is -2.33. The van der Waals surface area contributed by atoms with Crippen LogP contribution >= 0.6 is 63.7 Å². The Labute approximate surface area is 367 Å². The van der Waals surface area contributed by atoms with E-state index >= 15 is 0 Å². The monoisotopic (exact) mass is 1020 g/mol. The zero-order valence-electron chi connectivity index (χ0n) is 30.3. The van der Waals surface area contributed by atoms with Crippen LogP contribution in [0.2, 0.25) is 0 Å². The second-order valence-electron chi connectivity index (χ2n) is 13.8. The molecule has 0 amide bonds. The Bertz CT molecular complexity index is 2500. The van der Waals surface area contributed by atoms with Gasteiger partial charge in [-0.3, -0.25) is 0 Å². The summed E-state index contributed by atoms with van der Waals surface area (Å²) in [6.45, 7) is 8.09. The van der Waals surface area contributed by atoms with Gasteiger partial charge in [0.05, 0.1) is 18.2 Å². The van der Waals surface area contributed by atoms with E-state index < -0.39 is 5.60 Å². The molecule has 0 saturated carbocycles. The van der Waals surface area contributed by atoms with E-state index in [0.717, 1.165) is 85.0 Å². The van der Waals surface area contributed by atoms with E-state index in [0.29, 0.717) is 22.6 Å². The fourth-order valence-electron chi connectivity index (χ4n) is 7.54. The Balaban J connectivity index is 0.000000186. The molecule has 10 heteroatoms. The molecule has 3 heterocycles. The highest BCUT2D eigenvalue weighted by Crippen LogP contribution is 2.57. The first-order valence-electron chi connectivity index (χ1n) is 17.4. The molecule has 0 atom stereocenters. The Morgan fingerprint density at radius 1 is 0.579 bits per heavy atom. The lowest BCUT2D eigenvalue weighted by molar-refractivity contribution is 0.0223. The van der Waals surface area contributed by atoms with E-state index in [9.17, 15) is 9.59 Å². The maximum absolute atomic E-state index is 12.8. The Morgan fingerprint density at radius 3 is 1.54 bits per heavy atom. The van der Waals surface area contributed by atoms with E-state index in [1.807, 2.05) is 113 Å². The third-order valence-corrected chi connectivity index (χ3v) is 13.8. The van der Waals surface area contributed by atoms with Crippen LogP contribution in [0.15, 0.2) is 115 Å². The van der Waals surface area contributed by atoms with Crippen LogP contribution in [0.1, 0.15) is 97.1 Å². The van der Waals surface area contributed by atoms with Gasteiger partial charge in [0.2, 0.25) is 0 Å². The minimum absolute atomic E-state index is 0. The molecule has 0 N–H and O–H groups in total. The van der Waals surface area contributed by atoms with Crippen molar-refractivity contribution in [3.63, 3.8) is 0 Å². The van der Waals surface area contributed by atoms with Crippen LogP contribution in [0, 0.1) is 27.7 Å². The molecule has 0 saturated heterocycles. The molecule has 0 aliphatic carbocycles. The van der Waals surface area contributed by atoms with Crippen LogP contribution in [0.5, 0.6) is 23.0 Å². The number of carbonyl (C=O) groups excluding carboxylic acids is 2. The van der Waals surface area contributed by atoms with Crippen LogP contribution < -0.4 is 9.47 Å². The van der Waals surface area contributed by atoms with Gasteiger partial charge in [-0.2, -0.15) is 0 Å². The molecule has 0 bridgehead atoms. The van der Waals surface area contributed by atoms with Crippen molar-refractivity contribution in [3.8, 4) is 23.0 Å². The maximum Gasteiger partial charge on any atom is 0.340 e. The summed E-state index contributed by atoms with van der Waals surface area (Å²) >= 11 is 14.5. The number of aryl methyl sites for hydroxylation is 4. The number of rotatable bonds is 2. The molecule has 6 nitrogen and oxygen atoms in total. The molecular weight excluding hydrogens is 980 g/mol. The van der Waals surface area contributed by atoms with E-state index in [1.165, 1.54) is 7.11 Å². The van der Waals surface area contributed by atoms with Crippen molar-refractivity contribution in [1.82, 2.24) is 0 Å². The number of esters is 2. The molecule has 3 aliphatic rings. The first-order valence-corrected chi connectivity index (χ1v) is 20.6. The molecule has 6 aromatic rings. The lowest BCUT2D eigenvalue weighted by Gasteiger charge is -2.37. The van der Waals surface area contributed by atoms with Crippen molar-refractivity contribution in [3.05, 3.63) is 182 Å². The van der Waals surface area contributed by atoms with Gasteiger partial charge in [0.15, 0.2) is 5.60 Å². The number of halogens is 4. The van der Waals surface area contributed by atoms with E-state index in [2.05, 4.69) is 75.9 Å². The fraction of sp³-hybridized carbons (Fsp3) is 0.191. The lowest BCUT2D eigenvalue weighted by atomic mass is 9.77. The number of hydrogen-bond donors (Lipinski definition) is 0. The zero-order chi connectivity index (χ0) is 38.9. The number of benzene rings is 6. The first-order chi connectivity index (χ1) is 26.3. The normalized spacial score (nSPS) is 13.7. The van der Waals surface area contributed by atoms with Gasteiger partial charge in [-0.05, 0) is 116 Å². The Kier molecular flexibility index (Phi) is 12.0. The van der Waals surface area contributed by atoms with Gasteiger partial charge < -0.3 is 18.9 Å². The van der Waals surface area contributed by atoms with Crippen molar-refractivity contribution < 1.29 is 28.5 Å². The molecule has 6 aromatic carbocycles. The van der Waals surface area contributed by atoms with E-state index in [1.54, 1.807) is 0 Å². The van der Waals surface area contributed by atoms with Crippen molar-refractivity contribution in [2.45, 2.75) is 54.1 Å². The molecule has 0 fully saturated rings. The third kappa shape index (κ3) is 7.06. The molecule has 292 valence electrons. The zero-order valence-corrected chi connectivity index (χ0v) is 36.6. The van der Waals surface area contributed by atoms with Gasteiger partial charge in [-0.1, -0.05) is 115 Å². The van der Waals surface area contributed by atoms with Gasteiger partial charge in [-0.15, -0.1) is 0 Å². The summed E-state index contributed by atoms with van der Waals surface area (Å²) in [5.41, 5.74) is 9.82. The molecule has 0 radical (unpaired) electrons. The van der Waals surface area contributed by atoms with Crippen molar-refractivity contribution >= 4 is 75.7 Å². The van der Waals surface area contributed by atoms with Crippen LogP contribution in [-0.4, -0.2) is 19.0 Å². The van der Waals surface area contributed by atoms with E-state index in [-0.39, 0.29) is 32.7 Å². The molecule has 3 aliphatic heterocycles. The smallest absolute Gasteiger partial charge is 0.340 e. The Morgan fingerprint density at radius 2 is 1.02 bits per heavy atom. The average Bonchev–Trinajstić information content (AvgIpc) is 3.46. The highest BCUT2D eigenvalue weighted by atomic mass is 79.9. The highest BCUT2D eigenvalue weighted by Gasteiger charge is 2.53. The molecule has 1 spiro atoms. The third-order valence-electron chi connectivity index (χ3n) is 10.4. The predicted molar refractivity (Wildman–Crippen MR) is 240 cm³/mol. The number of fused-ring (bicyclic) bond motifs is 8. The number of carbonyl (C=O) groups is 2. The predicted octanol–water partition coefficient (Wildman–Crippen LogP) is 14.6. The van der Waals surface area contributed by atoms with Crippen molar-refractivity contribution in [2.75, 3.05) is 7.11 Å². The van der Waals surface area contributed by atoms with E-state index in [4.69, 9.17) is 18.9 Å². The molecular formula is C47H40Br4O6. The highest BCUT2D eigenvalue weighted by molar-refractivity contribution is 9.11. The maximum atomic E-state index is 12.8. The Hall–Kier alpha value is -4.22. The van der Waals surface area contributed by atoms with Crippen LogP contribution in [-0.2, 0) is 15.1 Å². The number of methoxy groups -OCH3 is 1. The second-order valence-corrected chi connectivity index (χ2v) is 17.2. The molecule has 0 unspecified atom stereocenters. The summed E-state index contributed by atoms with van der Waals surface area (Å²) in [7, 11) is 1.41. The minimum atomic E-state index is -1.02. The SMILES string of the molecule is C.C.COC(=O)c1ccccc1C1c2cc(Br)c(C)cc2Oc2cc(C)c(Br)cc21.Cc1cc2c(cc1Br)C1(OC(=O)c3ccccc31)c1cc(Br)c(C)cc1O2. The second kappa shape index (κ2) is 16.2. The van der Waals surface area contributed by atoms with Crippen LogP contribution in [0.4, 0.5) is 0 Å². The average molecular weight is 1020 g/mol. The molecule has 0 aromatic heterocycles. The number of ether oxygens (including phenoxy) is 4. The summed E-state index contributed by atoms with van der Waals surface area (Å²) in [6.07, 6.45) is 0. The first kappa shape index (κ1) is 42.4. The number of hydrogen-bond acceptors (Lipinski definition) is 6. The van der Waals surface area contributed by atoms with Gasteiger partial charge in [-0.25, -0.2) is 9.59 Å². The summed E-state index contributed by atoms with van der Waals surface area (Å²) in [4.78, 5) is 25.2. The van der Waals surface area contributed by atoms with Gasteiger partial charge in [0.25, 0.3) is 0 Å². The summed E-state index contributed by atoms with van der Waals surface area (Å²) in [5.74, 6) is 2.20. The summed E-state index contributed by atoms with van der Waals surface area (Å²) in [6, 6.07) is 31.4. The van der Waals surface area contributed by atoms with Crippen LogP contribution in [0.25, 0.3) is 0 Å². The topological polar surface area (TPSA) is 71.1 Å². The summed E-state index contributed by atoms with van der Waals surface area (Å²) < 4.78 is 27.6. The molecule has 9 rings (SSSR count). The standard InChI is InChI=1S/C23H18Br2O3.C22H14Br2O3.2CH4/c1-12-8-20-16(10-18(12)24)22(14-6-4-5-7-15(14)23(26)27-3)17-11-19(25)13(2)9-21(17)28-20;1-11-7-19-15(9-17(11)23)22(14-6-4-3-5-13(14)21(25)27-22)16-10-18(24)12(2)8-20(16)26-19;;/h4-11,22H,1-3H3;3-10H,1-2H3;2*1H4. The minimum Gasteiger partial charge on any atom is -0.465 e. The largest absolute Gasteiger partial charge is 0.465 e.